The van der Waals surface area contributed by atoms with Crippen molar-refractivity contribution in [2.75, 3.05) is 46.0 Å². The third-order valence-electron chi connectivity index (χ3n) is 6.26. The SMILES string of the molecule is CC(C)(CC[S+]([O-])CC[S+]([O-])CCC(C)(C)OP(=O)(O)O)O[PH](=O)OC(C)(C)CC[S+]([O-])CC[S+]([O-])CCC(C)(C)OP(=O)(O)O. The molecule has 15 nitrogen and oxygen atoms in total. The van der Waals surface area contributed by atoms with Gasteiger partial charge in [-0.05, 0) is 100 Å². The first kappa shape index (κ1) is 47.6. The summed E-state index contributed by atoms with van der Waals surface area (Å²) in [5, 5.41) is 0. The van der Waals surface area contributed by atoms with Crippen molar-refractivity contribution in [1.29, 1.82) is 0 Å². The van der Waals surface area contributed by atoms with E-state index in [4.69, 9.17) is 28.6 Å². The minimum absolute atomic E-state index is 0.124. The van der Waals surface area contributed by atoms with Gasteiger partial charge in [-0.1, -0.05) is 0 Å². The lowest BCUT2D eigenvalue weighted by atomic mass is 10.1. The van der Waals surface area contributed by atoms with Crippen molar-refractivity contribution in [2.45, 2.75) is 103 Å². The van der Waals surface area contributed by atoms with Crippen molar-refractivity contribution in [3.05, 3.63) is 0 Å². The van der Waals surface area contributed by atoms with E-state index in [9.17, 15) is 31.9 Å². The lowest BCUT2D eigenvalue weighted by Gasteiger charge is -2.29. The molecule has 0 radical (unpaired) electrons. The summed E-state index contributed by atoms with van der Waals surface area (Å²) >= 11 is -5.41. The number of hydrogen-bond donors (Lipinski definition) is 4. The van der Waals surface area contributed by atoms with Crippen LogP contribution in [0.1, 0.15) is 81.1 Å². The summed E-state index contributed by atoms with van der Waals surface area (Å²) < 4.78 is 105. The molecule has 0 aliphatic heterocycles. The average Bonchev–Trinajstić information content (AvgIpc) is 2.82. The smallest absolute Gasteiger partial charge is 0.470 e. The first-order valence-corrected chi connectivity index (χ1v) is 24.6. The highest BCUT2D eigenvalue weighted by Gasteiger charge is 2.33. The second-order valence-electron chi connectivity index (χ2n) is 13.0. The number of phosphoric acid groups is 2. The van der Waals surface area contributed by atoms with Crippen LogP contribution in [0.2, 0.25) is 0 Å². The molecular formula is C24H53O15P3S4. The summed E-state index contributed by atoms with van der Waals surface area (Å²) in [5.74, 6) is 1.21. The average molecular weight is 803 g/mol. The lowest BCUT2D eigenvalue weighted by Crippen LogP contribution is -2.31. The molecule has 46 heavy (non-hydrogen) atoms. The molecule has 22 heteroatoms. The summed E-state index contributed by atoms with van der Waals surface area (Å²) in [4.78, 5) is 35.8. The fourth-order valence-corrected chi connectivity index (χ4v) is 12.8. The maximum absolute atomic E-state index is 12.7. The first-order valence-electron chi connectivity index (χ1n) is 14.3. The Hall–Kier alpha value is 1.61. The minimum atomic E-state index is -4.68. The summed E-state index contributed by atoms with van der Waals surface area (Å²) in [6.07, 6.45) is 0.833. The fourth-order valence-electron chi connectivity index (χ4n) is 3.53. The molecule has 0 rings (SSSR count). The van der Waals surface area contributed by atoms with E-state index in [1.807, 2.05) is 0 Å². The summed E-state index contributed by atoms with van der Waals surface area (Å²) in [5.41, 5.74) is -4.22. The molecule has 0 aliphatic carbocycles. The van der Waals surface area contributed by atoms with Crippen molar-refractivity contribution < 1.29 is 69.6 Å². The molecule has 0 aromatic carbocycles. The van der Waals surface area contributed by atoms with Crippen LogP contribution >= 0.6 is 23.9 Å². The Labute approximate surface area is 286 Å². The van der Waals surface area contributed by atoms with E-state index >= 15 is 0 Å². The van der Waals surface area contributed by atoms with Crippen LogP contribution in [0, 0.1) is 0 Å². The van der Waals surface area contributed by atoms with E-state index in [1.54, 1.807) is 27.7 Å². The predicted molar refractivity (Wildman–Crippen MR) is 184 cm³/mol. The first-order chi connectivity index (χ1) is 20.5. The highest BCUT2D eigenvalue weighted by molar-refractivity contribution is 7.95. The van der Waals surface area contributed by atoms with Crippen LogP contribution in [0.15, 0.2) is 0 Å². The van der Waals surface area contributed by atoms with Crippen molar-refractivity contribution in [3.8, 4) is 0 Å². The molecule has 278 valence electrons. The van der Waals surface area contributed by atoms with Gasteiger partial charge in [-0.3, -0.25) is 13.6 Å². The topological polar surface area (TPSA) is 261 Å². The Morgan fingerprint density at radius 2 is 0.717 bits per heavy atom. The third-order valence-corrected chi connectivity index (χ3v) is 15.0. The lowest BCUT2D eigenvalue weighted by molar-refractivity contribution is 0.0423. The van der Waals surface area contributed by atoms with Gasteiger partial charge in [0, 0.05) is 25.7 Å². The summed E-state index contributed by atoms with van der Waals surface area (Å²) in [6.45, 7) is 12.7. The molecular weight excluding hydrogens is 749 g/mol. The molecule has 0 heterocycles. The van der Waals surface area contributed by atoms with Gasteiger partial charge in [-0.2, -0.15) is 0 Å². The maximum atomic E-state index is 12.7. The van der Waals surface area contributed by atoms with Gasteiger partial charge >= 0.3 is 23.9 Å². The molecule has 0 amide bonds. The van der Waals surface area contributed by atoms with Crippen LogP contribution in [0.3, 0.4) is 0 Å². The van der Waals surface area contributed by atoms with Gasteiger partial charge in [-0.25, -0.2) is 9.13 Å². The highest BCUT2D eigenvalue weighted by Crippen LogP contribution is 2.43. The Kier molecular flexibility index (Phi) is 21.3. The molecule has 0 saturated heterocycles. The summed E-state index contributed by atoms with van der Waals surface area (Å²) in [6, 6.07) is 0. The van der Waals surface area contributed by atoms with E-state index in [0.717, 1.165) is 0 Å². The molecule has 4 N–H and O–H groups in total. The van der Waals surface area contributed by atoms with Crippen molar-refractivity contribution >= 4 is 68.6 Å². The van der Waals surface area contributed by atoms with Gasteiger partial charge in [0.1, 0.15) is 46.0 Å². The number of phosphoric ester groups is 2. The van der Waals surface area contributed by atoms with Crippen molar-refractivity contribution in [3.63, 3.8) is 0 Å². The zero-order valence-electron chi connectivity index (χ0n) is 27.8. The van der Waals surface area contributed by atoms with Crippen LogP contribution in [0.5, 0.6) is 0 Å². The minimum Gasteiger partial charge on any atom is -0.616 e. The monoisotopic (exact) mass is 802 g/mol. The second-order valence-corrected chi connectivity index (χ2v) is 23.1. The van der Waals surface area contributed by atoms with Crippen LogP contribution in [0.25, 0.3) is 0 Å². The van der Waals surface area contributed by atoms with Gasteiger partial charge in [0.25, 0.3) is 0 Å². The highest BCUT2D eigenvalue weighted by atomic mass is 32.2. The predicted octanol–water partition coefficient (Wildman–Crippen LogP) is 3.30. The van der Waals surface area contributed by atoms with E-state index in [0.29, 0.717) is 0 Å². The molecule has 0 aliphatic rings. The van der Waals surface area contributed by atoms with E-state index in [2.05, 4.69) is 9.05 Å². The standard InChI is InChI=1S/C24H53O15P3S4/c1-21(2,9-13-43(32)17-19-45(34)15-11-23(5,6)38-41(26,27)28)36-40(25)37-22(3,4)10-14-44(33)18-20-46(35)16-12-24(7,8)39-42(29,30)31/h40H,9-20H2,1-8H3,(H2,26,27,28)(H2,29,30,31). The number of rotatable bonds is 26. The quantitative estimate of drug-likeness (QED) is 0.0722. The van der Waals surface area contributed by atoms with Crippen molar-refractivity contribution in [1.82, 2.24) is 0 Å². The van der Waals surface area contributed by atoms with Gasteiger partial charge in [0.05, 0.1) is 22.4 Å². The van der Waals surface area contributed by atoms with Gasteiger partial charge in [-0.15, -0.1) is 0 Å². The molecule has 0 bridgehead atoms. The normalized spacial score (nSPS) is 17.5. The van der Waals surface area contributed by atoms with E-state index in [1.165, 1.54) is 27.7 Å². The van der Waals surface area contributed by atoms with Crippen LogP contribution in [-0.4, -0.2) is 106 Å². The molecule has 0 aromatic heterocycles. The Balaban J connectivity index is 4.45. The molecule has 4 unspecified atom stereocenters. The molecule has 0 saturated carbocycles. The zero-order valence-corrected chi connectivity index (χ0v) is 33.8. The van der Waals surface area contributed by atoms with Gasteiger partial charge < -0.3 is 46.8 Å². The molecule has 0 spiro atoms. The van der Waals surface area contributed by atoms with E-state index in [-0.39, 0.29) is 71.7 Å². The molecule has 4 atom stereocenters. The third kappa shape index (κ3) is 27.3. The Morgan fingerprint density at radius 3 is 0.935 bits per heavy atom. The van der Waals surface area contributed by atoms with Crippen molar-refractivity contribution in [2.24, 2.45) is 0 Å². The molecule has 0 fully saturated rings. The van der Waals surface area contributed by atoms with Gasteiger partial charge in [0.15, 0.2) is 0 Å². The Bertz CT molecular complexity index is 933. The zero-order chi connectivity index (χ0) is 36.2. The largest absolute Gasteiger partial charge is 0.616 e. The summed E-state index contributed by atoms with van der Waals surface area (Å²) in [7, 11) is -12.4. The fraction of sp³-hybridized carbons (Fsp3) is 1.00. The van der Waals surface area contributed by atoms with Crippen LogP contribution in [0.4, 0.5) is 0 Å². The maximum Gasteiger partial charge on any atom is 0.470 e. The number of hydrogen-bond acceptors (Lipinski definition) is 11. The van der Waals surface area contributed by atoms with E-state index < -0.39 is 91.0 Å². The Morgan fingerprint density at radius 1 is 0.500 bits per heavy atom. The van der Waals surface area contributed by atoms with Gasteiger partial charge in [0.2, 0.25) is 0 Å². The second kappa shape index (κ2) is 20.6. The van der Waals surface area contributed by atoms with Crippen LogP contribution < -0.4 is 0 Å². The van der Waals surface area contributed by atoms with Crippen LogP contribution in [-0.2, 0) is 76.5 Å². The molecule has 0 aromatic rings.